The van der Waals surface area contributed by atoms with E-state index >= 15 is 0 Å². The molecule has 0 radical (unpaired) electrons. The summed E-state index contributed by atoms with van der Waals surface area (Å²) in [5.41, 5.74) is 6.08. The van der Waals surface area contributed by atoms with Crippen LogP contribution in [0.3, 0.4) is 0 Å². The minimum absolute atomic E-state index is 0.200. The summed E-state index contributed by atoms with van der Waals surface area (Å²) in [7, 11) is 0. The maximum Gasteiger partial charge on any atom is 0.387 e. The first-order valence-corrected chi connectivity index (χ1v) is 4.70. The van der Waals surface area contributed by atoms with Crippen LogP contribution < -0.4 is 10.5 Å². The van der Waals surface area contributed by atoms with Crippen molar-refractivity contribution in [2.24, 2.45) is 5.73 Å². The molecule has 0 atom stereocenters. The maximum absolute atomic E-state index is 12.1. The monoisotopic (exact) mass is 215 g/mol. The third kappa shape index (κ3) is 4.25. The van der Waals surface area contributed by atoms with Crippen molar-refractivity contribution in [2.45, 2.75) is 32.4 Å². The Morgan fingerprint density at radius 3 is 2.47 bits per heavy atom. The highest BCUT2D eigenvalue weighted by atomic mass is 19.3. The van der Waals surface area contributed by atoms with E-state index in [1.165, 1.54) is 6.07 Å². The largest absolute Gasteiger partial charge is 0.435 e. The molecule has 1 aromatic carbocycles. The van der Waals surface area contributed by atoms with E-state index in [0.29, 0.717) is 12.0 Å². The Hall–Kier alpha value is -1.16. The van der Waals surface area contributed by atoms with Gasteiger partial charge in [-0.05, 0) is 31.9 Å². The molecular formula is C11H15F2NO. The number of hydrogen-bond donors (Lipinski definition) is 1. The highest BCUT2D eigenvalue weighted by Crippen LogP contribution is 2.23. The quantitative estimate of drug-likeness (QED) is 0.837. The lowest BCUT2D eigenvalue weighted by Gasteiger charge is -2.20. The summed E-state index contributed by atoms with van der Waals surface area (Å²) < 4.78 is 28.6. The fraction of sp³-hybridized carbons (Fsp3) is 0.455. The highest BCUT2D eigenvalue weighted by Gasteiger charge is 2.16. The molecular weight excluding hydrogens is 200 g/mol. The predicted molar refractivity (Wildman–Crippen MR) is 55.0 cm³/mol. The maximum atomic E-state index is 12.1. The Bertz CT molecular complexity index is 321. The number of hydrogen-bond acceptors (Lipinski definition) is 2. The van der Waals surface area contributed by atoms with Gasteiger partial charge in [0, 0.05) is 5.54 Å². The second-order valence-corrected chi connectivity index (χ2v) is 4.15. The van der Waals surface area contributed by atoms with E-state index in [-0.39, 0.29) is 5.75 Å². The number of para-hydroxylation sites is 1. The van der Waals surface area contributed by atoms with Gasteiger partial charge in [-0.25, -0.2) is 0 Å². The molecule has 0 saturated carbocycles. The smallest absolute Gasteiger partial charge is 0.387 e. The van der Waals surface area contributed by atoms with Gasteiger partial charge in [0.1, 0.15) is 5.75 Å². The number of rotatable bonds is 4. The fourth-order valence-corrected chi connectivity index (χ4v) is 1.35. The first-order chi connectivity index (χ1) is 6.88. The van der Waals surface area contributed by atoms with E-state index in [1.54, 1.807) is 18.2 Å². The van der Waals surface area contributed by atoms with E-state index in [4.69, 9.17) is 5.73 Å². The normalized spacial score (nSPS) is 11.9. The summed E-state index contributed by atoms with van der Waals surface area (Å²) in [4.78, 5) is 0. The Balaban J connectivity index is 2.86. The number of alkyl halides is 2. The molecule has 1 rings (SSSR count). The number of halogens is 2. The molecule has 0 heterocycles. The van der Waals surface area contributed by atoms with Crippen molar-refractivity contribution in [3.05, 3.63) is 29.8 Å². The Morgan fingerprint density at radius 2 is 1.93 bits per heavy atom. The minimum Gasteiger partial charge on any atom is -0.435 e. The molecule has 0 aliphatic rings. The van der Waals surface area contributed by atoms with Crippen LogP contribution in [0.4, 0.5) is 8.78 Å². The van der Waals surface area contributed by atoms with Crippen molar-refractivity contribution in [3.63, 3.8) is 0 Å². The Morgan fingerprint density at radius 1 is 1.33 bits per heavy atom. The summed E-state index contributed by atoms with van der Waals surface area (Å²) >= 11 is 0. The molecule has 0 unspecified atom stereocenters. The second kappa shape index (κ2) is 4.57. The van der Waals surface area contributed by atoms with Crippen molar-refractivity contribution in [1.82, 2.24) is 0 Å². The lowest BCUT2D eigenvalue weighted by molar-refractivity contribution is -0.0505. The van der Waals surface area contributed by atoms with Gasteiger partial charge >= 0.3 is 6.61 Å². The molecule has 2 N–H and O–H groups in total. The highest BCUT2D eigenvalue weighted by molar-refractivity contribution is 5.34. The fourth-order valence-electron chi connectivity index (χ4n) is 1.35. The molecule has 2 nitrogen and oxygen atoms in total. The Kier molecular flexibility index (Phi) is 3.63. The van der Waals surface area contributed by atoms with E-state index in [2.05, 4.69) is 4.74 Å². The zero-order valence-electron chi connectivity index (χ0n) is 8.84. The van der Waals surface area contributed by atoms with E-state index in [1.807, 2.05) is 13.8 Å². The van der Waals surface area contributed by atoms with Gasteiger partial charge < -0.3 is 10.5 Å². The van der Waals surface area contributed by atoms with Crippen molar-refractivity contribution in [3.8, 4) is 5.75 Å². The second-order valence-electron chi connectivity index (χ2n) is 4.15. The topological polar surface area (TPSA) is 35.2 Å². The summed E-state index contributed by atoms with van der Waals surface area (Å²) in [6.07, 6.45) is 0.496. The third-order valence-electron chi connectivity index (χ3n) is 1.83. The molecule has 84 valence electrons. The standard InChI is InChI=1S/C11H15F2NO/c1-11(2,14)7-8-5-3-4-6-9(8)15-10(12)13/h3-6,10H,7,14H2,1-2H3. The van der Waals surface area contributed by atoms with Crippen LogP contribution in [0, 0.1) is 0 Å². The van der Waals surface area contributed by atoms with Gasteiger partial charge in [0.15, 0.2) is 0 Å². The molecule has 0 amide bonds. The molecule has 1 aromatic rings. The van der Waals surface area contributed by atoms with Gasteiger partial charge in [-0.15, -0.1) is 0 Å². The zero-order chi connectivity index (χ0) is 11.5. The average Bonchev–Trinajstić information content (AvgIpc) is 2.05. The van der Waals surface area contributed by atoms with Gasteiger partial charge in [-0.2, -0.15) is 8.78 Å². The van der Waals surface area contributed by atoms with Crippen molar-refractivity contribution < 1.29 is 13.5 Å². The summed E-state index contributed by atoms with van der Waals surface area (Å²) in [6, 6.07) is 6.70. The summed E-state index contributed by atoms with van der Waals surface area (Å²) in [5, 5.41) is 0. The van der Waals surface area contributed by atoms with E-state index in [0.717, 1.165) is 0 Å². The number of nitrogens with two attached hydrogens (primary N) is 1. The Labute approximate surface area is 88.0 Å². The number of ether oxygens (including phenoxy) is 1. The SMILES string of the molecule is CC(C)(N)Cc1ccccc1OC(F)F. The molecule has 15 heavy (non-hydrogen) atoms. The lowest BCUT2D eigenvalue weighted by atomic mass is 9.96. The van der Waals surface area contributed by atoms with Crippen LogP contribution >= 0.6 is 0 Å². The molecule has 0 saturated heterocycles. The predicted octanol–water partition coefficient (Wildman–Crippen LogP) is 2.57. The first kappa shape index (κ1) is 11.9. The van der Waals surface area contributed by atoms with Crippen LogP contribution in [-0.2, 0) is 6.42 Å². The number of benzene rings is 1. The zero-order valence-corrected chi connectivity index (χ0v) is 8.84. The van der Waals surface area contributed by atoms with Crippen molar-refractivity contribution >= 4 is 0 Å². The molecule has 0 spiro atoms. The van der Waals surface area contributed by atoms with Gasteiger partial charge in [-0.1, -0.05) is 18.2 Å². The molecule has 0 fully saturated rings. The van der Waals surface area contributed by atoms with Crippen LogP contribution in [0.5, 0.6) is 5.75 Å². The molecule has 0 aliphatic carbocycles. The summed E-state index contributed by atoms with van der Waals surface area (Å²) in [5.74, 6) is 0.200. The van der Waals surface area contributed by atoms with Crippen molar-refractivity contribution in [1.29, 1.82) is 0 Å². The molecule has 0 aromatic heterocycles. The van der Waals surface area contributed by atoms with Gasteiger partial charge in [0.25, 0.3) is 0 Å². The van der Waals surface area contributed by atoms with Crippen LogP contribution in [0.2, 0.25) is 0 Å². The average molecular weight is 215 g/mol. The minimum atomic E-state index is -2.80. The van der Waals surface area contributed by atoms with Gasteiger partial charge in [0.05, 0.1) is 0 Å². The third-order valence-corrected chi connectivity index (χ3v) is 1.83. The first-order valence-electron chi connectivity index (χ1n) is 4.70. The van der Waals surface area contributed by atoms with Gasteiger partial charge in [0.2, 0.25) is 0 Å². The van der Waals surface area contributed by atoms with Gasteiger partial charge in [-0.3, -0.25) is 0 Å². The van der Waals surface area contributed by atoms with E-state index in [9.17, 15) is 8.78 Å². The van der Waals surface area contributed by atoms with Crippen LogP contribution in [0.1, 0.15) is 19.4 Å². The summed E-state index contributed by atoms with van der Waals surface area (Å²) in [6.45, 7) is 0.880. The van der Waals surface area contributed by atoms with Crippen LogP contribution in [-0.4, -0.2) is 12.2 Å². The molecule has 0 aliphatic heterocycles. The molecule has 4 heteroatoms. The van der Waals surface area contributed by atoms with Crippen LogP contribution in [0.25, 0.3) is 0 Å². The van der Waals surface area contributed by atoms with E-state index < -0.39 is 12.2 Å². The molecule has 0 bridgehead atoms. The lowest BCUT2D eigenvalue weighted by Crippen LogP contribution is -2.34. The van der Waals surface area contributed by atoms with Crippen LogP contribution in [0.15, 0.2) is 24.3 Å². The van der Waals surface area contributed by atoms with Crippen molar-refractivity contribution in [2.75, 3.05) is 0 Å².